The van der Waals surface area contributed by atoms with Crippen molar-refractivity contribution in [3.05, 3.63) is 23.1 Å². The molecule has 0 unspecified atom stereocenters. The molecule has 9 nitrogen and oxygen atoms in total. The number of pyridine rings is 1. The first-order valence-corrected chi connectivity index (χ1v) is 13.1. The van der Waals surface area contributed by atoms with Crippen LogP contribution in [0.15, 0.2) is 6.07 Å². The first-order valence-electron chi connectivity index (χ1n) is 12.3. The number of aryl methyl sites for hydroxylation is 3. The molecule has 4 N–H and O–H groups in total. The van der Waals surface area contributed by atoms with Gasteiger partial charge in [0.15, 0.2) is 5.72 Å². The van der Waals surface area contributed by atoms with Gasteiger partial charge >= 0.3 is 0 Å². The lowest BCUT2D eigenvalue weighted by Gasteiger charge is -2.48. The highest BCUT2D eigenvalue weighted by molar-refractivity contribution is 7.21. The third kappa shape index (κ3) is 4.37. The van der Waals surface area contributed by atoms with Crippen LogP contribution in [0.1, 0.15) is 50.2 Å². The van der Waals surface area contributed by atoms with Gasteiger partial charge in [-0.2, -0.15) is 4.98 Å². The van der Waals surface area contributed by atoms with E-state index in [1.165, 1.54) is 12.8 Å². The third-order valence-corrected chi connectivity index (χ3v) is 8.44. The number of rotatable bonds is 6. The SMILES string of the molecule is Cc1cc2sc(-c3c(C)nc(N[C@H](C)C4CC4)nc3N3CC[C@H](CO)[C@@H](O)[C@@]3(C)O)nc2c(C)n1. The Morgan fingerprint density at radius 2 is 1.89 bits per heavy atom. The topological polar surface area (TPSA) is 128 Å². The van der Waals surface area contributed by atoms with Gasteiger partial charge in [0.25, 0.3) is 0 Å². The summed E-state index contributed by atoms with van der Waals surface area (Å²) in [6.45, 7) is 9.82. The summed E-state index contributed by atoms with van der Waals surface area (Å²) in [5.41, 5.74) is 2.51. The van der Waals surface area contributed by atoms with Crippen LogP contribution in [-0.2, 0) is 0 Å². The van der Waals surface area contributed by atoms with Gasteiger partial charge in [0.2, 0.25) is 5.95 Å². The van der Waals surface area contributed by atoms with E-state index in [1.54, 1.807) is 23.2 Å². The molecule has 3 aromatic heterocycles. The lowest BCUT2D eigenvalue weighted by molar-refractivity contribution is -0.116. The van der Waals surface area contributed by atoms with E-state index in [9.17, 15) is 15.3 Å². The van der Waals surface area contributed by atoms with Crippen LogP contribution in [0.4, 0.5) is 11.8 Å². The van der Waals surface area contributed by atoms with E-state index in [4.69, 9.17) is 15.0 Å². The number of nitrogens with one attached hydrogen (secondary N) is 1. The molecule has 1 aliphatic heterocycles. The fourth-order valence-electron chi connectivity index (χ4n) is 5.12. The van der Waals surface area contributed by atoms with E-state index in [1.807, 2.05) is 26.8 Å². The molecule has 1 aliphatic carbocycles. The molecule has 3 aromatic rings. The molecule has 2 aliphatic rings. The number of aliphatic hydroxyl groups is 3. The summed E-state index contributed by atoms with van der Waals surface area (Å²) in [4.78, 5) is 20.9. The molecule has 2 fully saturated rings. The highest BCUT2D eigenvalue weighted by atomic mass is 32.1. The minimum atomic E-state index is -1.62. The number of fused-ring (bicyclic) bond motifs is 1. The predicted octanol–water partition coefficient (Wildman–Crippen LogP) is 3.17. The summed E-state index contributed by atoms with van der Waals surface area (Å²) in [5, 5.41) is 36.3. The van der Waals surface area contributed by atoms with Crippen molar-refractivity contribution >= 4 is 33.3 Å². The van der Waals surface area contributed by atoms with Gasteiger partial charge in [0.1, 0.15) is 22.4 Å². The van der Waals surface area contributed by atoms with E-state index in [-0.39, 0.29) is 12.6 Å². The Bertz CT molecular complexity index is 1260. The van der Waals surface area contributed by atoms with Crippen molar-refractivity contribution < 1.29 is 15.3 Å². The number of nitrogens with zero attached hydrogens (tertiary/aromatic N) is 5. The summed E-state index contributed by atoms with van der Waals surface area (Å²) in [5.74, 6) is 1.25. The minimum Gasteiger partial charge on any atom is -0.396 e. The Morgan fingerprint density at radius 3 is 2.57 bits per heavy atom. The number of hydrogen-bond acceptors (Lipinski definition) is 10. The van der Waals surface area contributed by atoms with Crippen molar-refractivity contribution in [2.24, 2.45) is 11.8 Å². The van der Waals surface area contributed by atoms with Gasteiger partial charge < -0.3 is 25.5 Å². The highest BCUT2D eigenvalue weighted by Crippen LogP contribution is 2.43. The zero-order valence-electron chi connectivity index (χ0n) is 20.9. The number of anilines is 2. The molecule has 0 amide bonds. The van der Waals surface area contributed by atoms with Gasteiger partial charge in [-0.15, -0.1) is 11.3 Å². The molecule has 0 radical (unpaired) electrons. The highest BCUT2D eigenvalue weighted by Gasteiger charge is 2.47. The first kappa shape index (κ1) is 24.3. The smallest absolute Gasteiger partial charge is 0.225 e. The molecule has 188 valence electrons. The van der Waals surface area contributed by atoms with E-state index >= 15 is 0 Å². The molecule has 0 spiro atoms. The maximum atomic E-state index is 11.5. The standard InChI is InChI=1S/C25H34N6O3S/c1-12-10-18-20(15(4)26-12)29-23(35-18)19-14(3)28-24(27-13(2)16-6-7-16)30-22(19)31-9-8-17(11-32)21(33)25(31,5)34/h10,13,16-17,21,32-34H,6-9,11H2,1-5H3,(H,27,28,30)/t13-,17-,21-,25-/m1/s1. The Labute approximate surface area is 209 Å². The maximum absolute atomic E-state index is 11.5. The van der Waals surface area contributed by atoms with Crippen LogP contribution in [0.2, 0.25) is 0 Å². The van der Waals surface area contributed by atoms with Crippen molar-refractivity contribution in [3.8, 4) is 10.6 Å². The van der Waals surface area contributed by atoms with Crippen molar-refractivity contribution in [2.75, 3.05) is 23.4 Å². The van der Waals surface area contributed by atoms with Crippen molar-refractivity contribution in [3.63, 3.8) is 0 Å². The zero-order chi connectivity index (χ0) is 25.1. The van der Waals surface area contributed by atoms with Gasteiger partial charge in [-0.05, 0) is 65.9 Å². The lowest BCUT2D eigenvalue weighted by Crippen LogP contribution is -2.62. The van der Waals surface area contributed by atoms with E-state index < -0.39 is 17.7 Å². The Hall–Kier alpha value is -2.40. The fourth-order valence-corrected chi connectivity index (χ4v) is 6.32. The number of aromatic nitrogens is 4. The predicted molar refractivity (Wildman–Crippen MR) is 138 cm³/mol. The van der Waals surface area contributed by atoms with Gasteiger partial charge in [0, 0.05) is 30.8 Å². The third-order valence-electron chi connectivity index (χ3n) is 7.42. The average Bonchev–Trinajstić information content (AvgIpc) is 3.55. The van der Waals surface area contributed by atoms with E-state index in [2.05, 4.69) is 17.2 Å². The lowest BCUT2D eigenvalue weighted by atomic mass is 9.86. The van der Waals surface area contributed by atoms with Gasteiger partial charge in [-0.1, -0.05) is 0 Å². The van der Waals surface area contributed by atoms with E-state index in [0.29, 0.717) is 30.6 Å². The number of hydrogen-bond donors (Lipinski definition) is 4. The Morgan fingerprint density at radius 1 is 1.14 bits per heavy atom. The molecule has 1 saturated carbocycles. The largest absolute Gasteiger partial charge is 0.396 e. The van der Waals surface area contributed by atoms with Crippen LogP contribution < -0.4 is 10.2 Å². The molecule has 4 atom stereocenters. The number of piperidine rings is 1. The van der Waals surface area contributed by atoms with Crippen LogP contribution in [0.5, 0.6) is 0 Å². The maximum Gasteiger partial charge on any atom is 0.225 e. The van der Waals surface area contributed by atoms with E-state index in [0.717, 1.165) is 37.9 Å². The van der Waals surface area contributed by atoms with Crippen LogP contribution in [0.25, 0.3) is 20.8 Å². The monoisotopic (exact) mass is 498 g/mol. The zero-order valence-corrected chi connectivity index (χ0v) is 21.7. The van der Waals surface area contributed by atoms with Crippen LogP contribution in [-0.4, -0.2) is 66.3 Å². The summed E-state index contributed by atoms with van der Waals surface area (Å²) < 4.78 is 1.03. The molecular weight excluding hydrogens is 464 g/mol. The summed E-state index contributed by atoms with van der Waals surface area (Å²) in [7, 11) is 0. The normalized spacial score (nSPS) is 25.8. The fraction of sp³-hybridized carbons (Fsp3) is 0.600. The summed E-state index contributed by atoms with van der Waals surface area (Å²) >= 11 is 1.55. The molecule has 0 bridgehead atoms. The Balaban J connectivity index is 1.66. The van der Waals surface area contributed by atoms with Crippen molar-refractivity contribution in [2.45, 2.75) is 71.8 Å². The molecule has 5 rings (SSSR count). The second kappa shape index (κ2) is 8.92. The van der Waals surface area contributed by atoms with Gasteiger partial charge in [0.05, 0.1) is 21.7 Å². The van der Waals surface area contributed by atoms with Crippen LogP contribution in [0.3, 0.4) is 0 Å². The molecule has 35 heavy (non-hydrogen) atoms. The van der Waals surface area contributed by atoms with Crippen LogP contribution >= 0.6 is 11.3 Å². The van der Waals surface area contributed by atoms with Crippen molar-refractivity contribution in [1.82, 2.24) is 19.9 Å². The molecule has 0 aromatic carbocycles. The number of thiazole rings is 1. The molecule has 10 heteroatoms. The molecule has 1 saturated heterocycles. The van der Waals surface area contributed by atoms with Crippen LogP contribution in [0, 0.1) is 32.6 Å². The first-order chi connectivity index (χ1) is 16.6. The second-order valence-corrected chi connectivity index (χ2v) is 11.3. The summed E-state index contributed by atoms with van der Waals surface area (Å²) in [6, 6.07) is 2.28. The quantitative estimate of drug-likeness (QED) is 0.405. The minimum absolute atomic E-state index is 0.185. The molecular formula is C25H34N6O3S. The average molecular weight is 499 g/mol. The number of aliphatic hydroxyl groups excluding tert-OH is 2. The van der Waals surface area contributed by atoms with Gasteiger partial charge in [-0.3, -0.25) is 4.98 Å². The van der Waals surface area contributed by atoms with Gasteiger partial charge in [-0.25, -0.2) is 9.97 Å². The Kier molecular flexibility index (Phi) is 6.19. The van der Waals surface area contributed by atoms with Crippen molar-refractivity contribution in [1.29, 1.82) is 0 Å². The summed E-state index contributed by atoms with van der Waals surface area (Å²) in [6.07, 6.45) is 1.80. The molecule has 4 heterocycles. The second-order valence-electron chi connectivity index (χ2n) is 10.2.